The Morgan fingerprint density at radius 1 is 1.42 bits per heavy atom. The number of amides is 1. The minimum absolute atomic E-state index is 0.0336. The van der Waals surface area contributed by atoms with E-state index in [0.29, 0.717) is 33.8 Å². The van der Waals surface area contributed by atoms with Crippen LogP contribution in [0, 0.1) is 5.92 Å². The van der Waals surface area contributed by atoms with Crippen LogP contribution in [0.3, 0.4) is 0 Å². The zero-order valence-corrected chi connectivity index (χ0v) is 15.0. The molecule has 1 fully saturated rings. The summed E-state index contributed by atoms with van der Waals surface area (Å²) in [6, 6.07) is 5.25. The highest BCUT2D eigenvalue weighted by molar-refractivity contribution is 6.35. The summed E-state index contributed by atoms with van der Waals surface area (Å²) in [5.74, 6) is 0.562. The molecular weight excluding hydrogens is 347 g/mol. The maximum atomic E-state index is 12.8. The summed E-state index contributed by atoms with van der Waals surface area (Å²) >= 11 is 12.1. The van der Waals surface area contributed by atoms with E-state index in [1.165, 1.54) is 0 Å². The summed E-state index contributed by atoms with van der Waals surface area (Å²) in [7, 11) is 0. The van der Waals surface area contributed by atoms with Crippen LogP contribution in [0.2, 0.25) is 10.0 Å². The fraction of sp³-hybridized carbons (Fsp3) is 0.412. The molecule has 2 atom stereocenters. The molecule has 2 heterocycles. The number of piperidine rings is 1. The lowest BCUT2D eigenvalue weighted by molar-refractivity contribution is 0.0573. The SMILES string of the molecule is CC1CCN(C(=O)c2cnn(-c3ccc(Cl)cc3Cl)c2)C(CN)C1. The quantitative estimate of drug-likeness (QED) is 0.905. The normalized spacial score (nSPS) is 21.1. The van der Waals surface area contributed by atoms with E-state index >= 15 is 0 Å². The molecule has 7 heteroatoms. The summed E-state index contributed by atoms with van der Waals surface area (Å²) in [4.78, 5) is 14.7. The maximum Gasteiger partial charge on any atom is 0.257 e. The number of nitrogens with zero attached hydrogens (tertiary/aromatic N) is 3. The van der Waals surface area contributed by atoms with Crippen LogP contribution in [-0.4, -0.2) is 39.7 Å². The first-order valence-corrected chi connectivity index (χ1v) is 8.76. The van der Waals surface area contributed by atoms with E-state index < -0.39 is 0 Å². The fourth-order valence-electron chi connectivity index (χ4n) is 3.14. The molecule has 1 saturated heterocycles. The summed E-state index contributed by atoms with van der Waals surface area (Å²) < 4.78 is 1.59. The topological polar surface area (TPSA) is 64.2 Å². The van der Waals surface area contributed by atoms with Gasteiger partial charge in [-0.2, -0.15) is 5.10 Å². The molecule has 5 nitrogen and oxygen atoms in total. The van der Waals surface area contributed by atoms with Crippen LogP contribution in [-0.2, 0) is 0 Å². The first-order chi connectivity index (χ1) is 11.5. The molecule has 0 radical (unpaired) electrons. The van der Waals surface area contributed by atoms with Gasteiger partial charge in [-0.1, -0.05) is 30.1 Å². The van der Waals surface area contributed by atoms with E-state index in [1.807, 2.05) is 4.90 Å². The summed E-state index contributed by atoms with van der Waals surface area (Å²) in [6.07, 6.45) is 5.21. The maximum absolute atomic E-state index is 12.8. The van der Waals surface area contributed by atoms with Gasteiger partial charge in [-0.05, 0) is 37.0 Å². The number of benzene rings is 1. The van der Waals surface area contributed by atoms with Gasteiger partial charge in [0.05, 0.1) is 22.5 Å². The van der Waals surface area contributed by atoms with Crippen molar-refractivity contribution in [2.75, 3.05) is 13.1 Å². The predicted octanol–water partition coefficient (Wildman–Crippen LogP) is 3.38. The van der Waals surface area contributed by atoms with Gasteiger partial charge in [0.1, 0.15) is 0 Å². The van der Waals surface area contributed by atoms with Gasteiger partial charge in [0.25, 0.3) is 5.91 Å². The Hall–Kier alpha value is -1.56. The molecule has 1 aromatic carbocycles. The largest absolute Gasteiger partial charge is 0.334 e. The van der Waals surface area contributed by atoms with Crippen LogP contribution in [0.5, 0.6) is 0 Å². The average molecular weight is 367 g/mol. The van der Waals surface area contributed by atoms with Crippen LogP contribution in [0.15, 0.2) is 30.6 Å². The molecule has 0 saturated carbocycles. The van der Waals surface area contributed by atoms with Crippen LogP contribution in [0.1, 0.15) is 30.1 Å². The molecular formula is C17H20Cl2N4O. The highest BCUT2D eigenvalue weighted by atomic mass is 35.5. The second-order valence-corrected chi connectivity index (χ2v) is 7.13. The molecule has 1 aromatic heterocycles. The number of carbonyl (C=O) groups excluding carboxylic acids is 1. The second kappa shape index (κ2) is 7.13. The third-order valence-electron chi connectivity index (χ3n) is 4.50. The van der Waals surface area contributed by atoms with E-state index in [2.05, 4.69) is 12.0 Å². The Morgan fingerprint density at radius 2 is 2.21 bits per heavy atom. The number of likely N-dealkylation sites (tertiary alicyclic amines) is 1. The van der Waals surface area contributed by atoms with Crippen molar-refractivity contribution in [3.05, 3.63) is 46.2 Å². The summed E-state index contributed by atoms with van der Waals surface area (Å²) in [5, 5.41) is 5.31. The third-order valence-corrected chi connectivity index (χ3v) is 5.03. The van der Waals surface area contributed by atoms with E-state index in [1.54, 1.807) is 35.3 Å². The van der Waals surface area contributed by atoms with Gasteiger partial charge in [0.15, 0.2) is 0 Å². The first-order valence-electron chi connectivity index (χ1n) is 8.00. The lowest BCUT2D eigenvalue weighted by Gasteiger charge is -2.37. The van der Waals surface area contributed by atoms with Crippen molar-refractivity contribution < 1.29 is 4.79 Å². The average Bonchev–Trinajstić information content (AvgIpc) is 3.03. The summed E-state index contributed by atoms with van der Waals surface area (Å²) in [5.41, 5.74) is 7.08. The Bertz CT molecular complexity index is 746. The molecule has 2 N–H and O–H groups in total. The molecule has 1 aliphatic rings. The van der Waals surface area contributed by atoms with Crippen molar-refractivity contribution in [3.63, 3.8) is 0 Å². The number of halogens is 2. The Labute approximate surface area is 151 Å². The van der Waals surface area contributed by atoms with Gasteiger partial charge in [0.2, 0.25) is 0 Å². The molecule has 1 aliphatic heterocycles. The van der Waals surface area contributed by atoms with Crippen LogP contribution in [0.25, 0.3) is 5.69 Å². The van der Waals surface area contributed by atoms with Gasteiger partial charge in [-0.25, -0.2) is 4.68 Å². The lowest BCUT2D eigenvalue weighted by Crippen LogP contribution is -2.49. The number of carbonyl (C=O) groups is 1. The van der Waals surface area contributed by atoms with E-state index in [9.17, 15) is 4.79 Å². The highest BCUT2D eigenvalue weighted by Crippen LogP contribution is 2.26. The molecule has 128 valence electrons. The zero-order chi connectivity index (χ0) is 17.3. The van der Waals surface area contributed by atoms with Crippen molar-refractivity contribution in [1.29, 1.82) is 0 Å². The summed E-state index contributed by atoms with van der Waals surface area (Å²) in [6.45, 7) is 3.41. The molecule has 2 unspecified atom stereocenters. The van der Waals surface area contributed by atoms with Crippen molar-refractivity contribution in [2.45, 2.75) is 25.8 Å². The number of nitrogens with two attached hydrogens (primary N) is 1. The van der Waals surface area contributed by atoms with Crippen molar-refractivity contribution in [1.82, 2.24) is 14.7 Å². The molecule has 2 aromatic rings. The molecule has 3 rings (SSSR count). The monoisotopic (exact) mass is 366 g/mol. The van der Waals surface area contributed by atoms with Crippen molar-refractivity contribution >= 4 is 29.1 Å². The zero-order valence-electron chi connectivity index (χ0n) is 13.5. The lowest BCUT2D eigenvalue weighted by atomic mass is 9.92. The highest BCUT2D eigenvalue weighted by Gasteiger charge is 2.30. The Balaban J connectivity index is 1.83. The Morgan fingerprint density at radius 3 is 2.92 bits per heavy atom. The van der Waals surface area contributed by atoms with Crippen LogP contribution < -0.4 is 5.73 Å². The van der Waals surface area contributed by atoms with Crippen molar-refractivity contribution in [2.24, 2.45) is 11.7 Å². The molecule has 0 spiro atoms. The number of aromatic nitrogens is 2. The molecule has 0 bridgehead atoms. The fourth-order valence-corrected chi connectivity index (χ4v) is 3.64. The molecule has 24 heavy (non-hydrogen) atoms. The van der Waals surface area contributed by atoms with E-state index in [-0.39, 0.29) is 11.9 Å². The molecule has 1 amide bonds. The third kappa shape index (κ3) is 3.43. The number of rotatable bonds is 3. The number of hydrogen-bond acceptors (Lipinski definition) is 3. The van der Waals surface area contributed by atoms with Gasteiger partial charge in [-0.3, -0.25) is 4.79 Å². The standard InChI is InChI=1S/C17H20Cl2N4O/c1-11-4-5-22(14(6-11)8-20)17(24)12-9-21-23(10-12)16-3-2-13(18)7-15(16)19/h2-3,7,9-11,14H,4-6,8,20H2,1H3. The minimum Gasteiger partial charge on any atom is -0.334 e. The first kappa shape index (κ1) is 17.3. The van der Waals surface area contributed by atoms with Gasteiger partial charge >= 0.3 is 0 Å². The minimum atomic E-state index is -0.0336. The molecule has 0 aliphatic carbocycles. The number of hydrogen-bond donors (Lipinski definition) is 1. The van der Waals surface area contributed by atoms with Crippen molar-refractivity contribution in [3.8, 4) is 5.69 Å². The van der Waals surface area contributed by atoms with Gasteiger partial charge in [-0.15, -0.1) is 0 Å². The Kier molecular flexibility index (Phi) is 5.13. The van der Waals surface area contributed by atoms with E-state index in [4.69, 9.17) is 28.9 Å². The van der Waals surface area contributed by atoms with E-state index in [0.717, 1.165) is 19.4 Å². The predicted molar refractivity (Wildman–Crippen MR) is 95.9 cm³/mol. The van der Waals surface area contributed by atoms with Crippen LogP contribution >= 0.6 is 23.2 Å². The van der Waals surface area contributed by atoms with Gasteiger partial charge in [0, 0.05) is 30.4 Å². The smallest absolute Gasteiger partial charge is 0.257 e. The van der Waals surface area contributed by atoms with Gasteiger partial charge < -0.3 is 10.6 Å². The van der Waals surface area contributed by atoms with Crippen LogP contribution in [0.4, 0.5) is 0 Å². The second-order valence-electron chi connectivity index (χ2n) is 6.29.